The summed E-state index contributed by atoms with van der Waals surface area (Å²) in [5, 5.41) is 4.10. The average molecular weight is 238 g/mol. The van der Waals surface area contributed by atoms with Crippen molar-refractivity contribution in [2.45, 2.75) is 38.7 Å². The normalized spacial score (nSPS) is 21.5. The van der Waals surface area contributed by atoms with Crippen LogP contribution < -0.4 is 0 Å². The van der Waals surface area contributed by atoms with Gasteiger partial charge < -0.3 is 4.84 Å². The van der Waals surface area contributed by atoms with Crippen molar-refractivity contribution in [1.29, 1.82) is 0 Å². The van der Waals surface area contributed by atoms with E-state index in [4.69, 9.17) is 16.4 Å². The molecule has 0 N–H and O–H groups in total. The van der Waals surface area contributed by atoms with Gasteiger partial charge in [-0.1, -0.05) is 17.3 Å². The third-order valence-electron chi connectivity index (χ3n) is 3.05. The van der Waals surface area contributed by atoms with Gasteiger partial charge in [0.25, 0.3) is 0 Å². The third kappa shape index (κ3) is 2.22. The molecule has 2 rings (SSSR count). The van der Waals surface area contributed by atoms with Crippen LogP contribution >= 0.6 is 11.6 Å². The van der Waals surface area contributed by atoms with E-state index in [0.29, 0.717) is 0 Å². The summed E-state index contributed by atoms with van der Waals surface area (Å²) in [5.41, 5.74) is 4.72. The van der Waals surface area contributed by atoms with Crippen molar-refractivity contribution in [1.82, 2.24) is 0 Å². The summed E-state index contributed by atoms with van der Waals surface area (Å²) in [7, 11) is 0. The Hall–Kier alpha value is -1.02. The van der Waals surface area contributed by atoms with Gasteiger partial charge in [-0.3, -0.25) is 0 Å². The maximum absolute atomic E-state index is 5.99. The molecular formula is C13H16ClNO. The summed E-state index contributed by atoms with van der Waals surface area (Å²) in [6, 6.07) is 6.36. The van der Waals surface area contributed by atoms with E-state index < -0.39 is 0 Å². The van der Waals surface area contributed by atoms with Crippen molar-refractivity contribution < 1.29 is 4.84 Å². The summed E-state index contributed by atoms with van der Waals surface area (Å²) >= 11 is 5.99. The lowest BCUT2D eigenvalue weighted by Crippen LogP contribution is -2.18. The number of halogens is 1. The van der Waals surface area contributed by atoms with Crippen LogP contribution in [0.1, 0.15) is 30.0 Å². The Labute approximate surface area is 101 Å². The molecule has 2 unspecified atom stereocenters. The van der Waals surface area contributed by atoms with Gasteiger partial charge in [0.05, 0.1) is 11.1 Å². The van der Waals surface area contributed by atoms with E-state index in [1.165, 1.54) is 11.1 Å². The highest BCUT2D eigenvalue weighted by Crippen LogP contribution is 2.22. The van der Waals surface area contributed by atoms with Crippen LogP contribution in [0.3, 0.4) is 0 Å². The molecule has 1 aromatic carbocycles. The second kappa shape index (κ2) is 4.46. The SMILES string of the molecule is Cc1ccc(C2=NOC(C(C)Cl)C2)cc1C. The van der Waals surface area contributed by atoms with Crippen molar-refractivity contribution in [3.8, 4) is 0 Å². The highest BCUT2D eigenvalue weighted by atomic mass is 35.5. The highest BCUT2D eigenvalue weighted by Gasteiger charge is 2.26. The lowest BCUT2D eigenvalue weighted by Gasteiger charge is -2.09. The highest BCUT2D eigenvalue weighted by molar-refractivity contribution is 6.21. The Bertz CT molecular complexity index is 426. The second-order valence-electron chi connectivity index (χ2n) is 4.36. The smallest absolute Gasteiger partial charge is 0.149 e. The van der Waals surface area contributed by atoms with Gasteiger partial charge in [0.1, 0.15) is 6.10 Å². The molecule has 2 atom stereocenters. The van der Waals surface area contributed by atoms with E-state index in [-0.39, 0.29) is 11.5 Å². The molecule has 0 aromatic heterocycles. The molecular weight excluding hydrogens is 222 g/mol. The van der Waals surface area contributed by atoms with Crippen LogP contribution in [0.4, 0.5) is 0 Å². The molecule has 0 saturated carbocycles. The van der Waals surface area contributed by atoms with Gasteiger partial charge in [0, 0.05) is 6.42 Å². The van der Waals surface area contributed by atoms with Gasteiger partial charge in [-0.15, -0.1) is 11.6 Å². The largest absolute Gasteiger partial charge is 0.390 e. The molecule has 0 spiro atoms. The van der Waals surface area contributed by atoms with Crippen LogP contribution in [0.25, 0.3) is 0 Å². The monoisotopic (exact) mass is 237 g/mol. The van der Waals surface area contributed by atoms with E-state index >= 15 is 0 Å². The zero-order valence-corrected chi connectivity index (χ0v) is 10.6. The summed E-state index contributed by atoms with van der Waals surface area (Å²) in [4.78, 5) is 5.31. The van der Waals surface area contributed by atoms with E-state index in [1.54, 1.807) is 0 Å². The predicted octanol–water partition coefficient (Wildman–Crippen LogP) is 3.42. The van der Waals surface area contributed by atoms with Gasteiger partial charge >= 0.3 is 0 Å². The molecule has 0 aliphatic carbocycles. The maximum Gasteiger partial charge on any atom is 0.149 e. The predicted molar refractivity (Wildman–Crippen MR) is 67.3 cm³/mol. The van der Waals surface area contributed by atoms with E-state index in [9.17, 15) is 0 Å². The molecule has 3 heteroatoms. The molecule has 1 aliphatic rings. The fraction of sp³-hybridized carbons (Fsp3) is 0.462. The van der Waals surface area contributed by atoms with E-state index in [1.807, 2.05) is 6.92 Å². The molecule has 1 aliphatic heterocycles. The van der Waals surface area contributed by atoms with Crippen LogP contribution in [0.15, 0.2) is 23.4 Å². The third-order valence-corrected chi connectivity index (χ3v) is 3.33. The molecule has 0 amide bonds. The standard InChI is InChI=1S/C13H16ClNO/c1-8-4-5-11(6-9(8)2)12-7-13(10(3)14)16-15-12/h4-6,10,13H,7H2,1-3H3. The Morgan fingerprint density at radius 2 is 2.12 bits per heavy atom. The number of alkyl halides is 1. The summed E-state index contributed by atoms with van der Waals surface area (Å²) in [5.74, 6) is 0. The second-order valence-corrected chi connectivity index (χ2v) is 5.05. The lowest BCUT2D eigenvalue weighted by atomic mass is 10.00. The molecule has 1 heterocycles. The zero-order valence-electron chi connectivity index (χ0n) is 9.83. The first kappa shape index (κ1) is 11.5. The summed E-state index contributed by atoms with van der Waals surface area (Å²) < 4.78 is 0. The quantitative estimate of drug-likeness (QED) is 0.723. The molecule has 1 aromatic rings. The van der Waals surface area contributed by atoms with E-state index in [2.05, 4.69) is 37.2 Å². The molecule has 0 radical (unpaired) electrons. The first-order valence-corrected chi connectivity index (χ1v) is 5.96. The molecule has 2 nitrogen and oxygen atoms in total. The minimum Gasteiger partial charge on any atom is -0.390 e. The number of benzene rings is 1. The fourth-order valence-electron chi connectivity index (χ4n) is 1.73. The Morgan fingerprint density at radius 1 is 1.38 bits per heavy atom. The van der Waals surface area contributed by atoms with Crippen LogP contribution in [-0.2, 0) is 4.84 Å². The van der Waals surface area contributed by atoms with Gasteiger partial charge in [-0.05, 0) is 43.5 Å². The van der Waals surface area contributed by atoms with Crippen molar-refractivity contribution in [3.63, 3.8) is 0 Å². The number of aryl methyl sites for hydroxylation is 2. The van der Waals surface area contributed by atoms with Crippen molar-refractivity contribution in [2.75, 3.05) is 0 Å². The minimum atomic E-state index is -0.00667. The topological polar surface area (TPSA) is 21.6 Å². The number of hydrogen-bond donors (Lipinski definition) is 0. The Morgan fingerprint density at radius 3 is 2.69 bits per heavy atom. The number of nitrogens with zero attached hydrogens (tertiary/aromatic N) is 1. The van der Waals surface area contributed by atoms with Gasteiger partial charge in [-0.2, -0.15) is 0 Å². The molecule has 0 bridgehead atoms. The first-order valence-electron chi connectivity index (χ1n) is 5.52. The average Bonchev–Trinajstić information content (AvgIpc) is 2.71. The Balaban J connectivity index is 2.18. The van der Waals surface area contributed by atoms with Gasteiger partial charge in [0.15, 0.2) is 0 Å². The molecule has 86 valence electrons. The van der Waals surface area contributed by atoms with Gasteiger partial charge in [0.2, 0.25) is 0 Å². The molecule has 0 saturated heterocycles. The molecule has 16 heavy (non-hydrogen) atoms. The van der Waals surface area contributed by atoms with Crippen molar-refractivity contribution in [3.05, 3.63) is 34.9 Å². The lowest BCUT2D eigenvalue weighted by molar-refractivity contribution is 0.0855. The Kier molecular flexibility index (Phi) is 3.20. The minimum absolute atomic E-state index is 0.00667. The van der Waals surface area contributed by atoms with Crippen LogP contribution in [-0.4, -0.2) is 17.2 Å². The first-order chi connectivity index (χ1) is 7.58. The number of rotatable bonds is 2. The fourth-order valence-corrected chi connectivity index (χ4v) is 1.87. The van der Waals surface area contributed by atoms with E-state index in [0.717, 1.165) is 17.7 Å². The van der Waals surface area contributed by atoms with Crippen molar-refractivity contribution in [2.24, 2.45) is 5.16 Å². The van der Waals surface area contributed by atoms with Crippen LogP contribution in [0, 0.1) is 13.8 Å². The summed E-state index contributed by atoms with van der Waals surface area (Å²) in [6.45, 7) is 6.15. The van der Waals surface area contributed by atoms with Crippen LogP contribution in [0.5, 0.6) is 0 Å². The van der Waals surface area contributed by atoms with Crippen LogP contribution in [0.2, 0.25) is 0 Å². The van der Waals surface area contributed by atoms with Crippen molar-refractivity contribution >= 4 is 17.3 Å². The zero-order chi connectivity index (χ0) is 11.7. The van der Waals surface area contributed by atoms with Gasteiger partial charge in [-0.25, -0.2) is 0 Å². The summed E-state index contributed by atoms with van der Waals surface area (Å²) in [6.07, 6.45) is 0.811. The molecule has 0 fully saturated rings. The number of oxime groups is 1. The maximum atomic E-state index is 5.99. The number of hydrogen-bond acceptors (Lipinski definition) is 2.